The molecule has 2 atom stereocenters. The summed E-state index contributed by atoms with van der Waals surface area (Å²) in [7, 11) is 0. The van der Waals surface area contributed by atoms with Gasteiger partial charge >= 0.3 is 0 Å². The first-order valence-electron chi connectivity index (χ1n) is 10.6. The van der Waals surface area contributed by atoms with Crippen molar-refractivity contribution in [3.8, 4) is 5.75 Å². The van der Waals surface area contributed by atoms with Gasteiger partial charge in [0.2, 0.25) is 5.43 Å². The number of pyridine rings is 1. The van der Waals surface area contributed by atoms with Gasteiger partial charge in [0.1, 0.15) is 22.2 Å². The van der Waals surface area contributed by atoms with E-state index in [1.807, 2.05) is 0 Å². The number of aromatic hydroxyl groups is 1. The molecule has 1 aliphatic carbocycles. The number of carbonyl (C=O) groups is 2. The fraction of sp³-hybridized carbons (Fsp3) is 0.409. The highest BCUT2D eigenvalue weighted by Gasteiger charge is 2.57. The number of halogens is 3. The first kappa shape index (κ1) is 21.8. The number of amides is 2. The molecule has 2 N–H and O–H groups in total. The smallest absolute Gasteiger partial charge is 0.276 e. The van der Waals surface area contributed by atoms with Crippen molar-refractivity contribution in [3.63, 3.8) is 0 Å². The maximum Gasteiger partial charge on any atom is 0.276 e. The van der Waals surface area contributed by atoms with Crippen molar-refractivity contribution in [1.82, 2.24) is 14.8 Å². The number of benzene rings is 1. The lowest BCUT2D eigenvalue weighted by Crippen LogP contribution is -2.60. The van der Waals surface area contributed by atoms with Crippen LogP contribution in [0.15, 0.2) is 23.1 Å². The second-order valence-corrected chi connectivity index (χ2v) is 8.78. The van der Waals surface area contributed by atoms with E-state index in [0.717, 1.165) is 25.0 Å². The quantitative estimate of drug-likeness (QED) is 0.659. The first-order valence-corrected chi connectivity index (χ1v) is 11.0. The van der Waals surface area contributed by atoms with Crippen molar-refractivity contribution >= 4 is 23.4 Å². The molecule has 174 valence electrons. The van der Waals surface area contributed by atoms with Crippen LogP contribution in [0.25, 0.3) is 0 Å². The Labute approximate surface area is 191 Å². The number of nitrogens with zero attached hydrogens (tertiary/aromatic N) is 2. The lowest BCUT2D eigenvalue weighted by atomic mass is 9.83. The number of nitrogens with one attached hydrogen (secondary N) is 1. The Kier molecular flexibility index (Phi) is 5.17. The van der Waals surface area contributed by atoms with Gasteiger partial charge in [0.05, 0.1) is 12.6 Å². The third kappa shape index (κ3) is 3.15. The molecule has 0 radical (unpaired) electrons. The van der Waals surface area contributed by atoms with E-state index in [2.05, 4.69) is 5.32 Å². The minimum Gasteiger partial charge on any atom is -0.503 e. The summed E-state index contributed by atoms with van der Waals surface area (Å²) in [4.78, 5) is 40.3. The molecule has 3 aliphatic rings. The predicted molar refractivity (Wildman–Crippen MR) is 112 cm³/mol. The predicted octanol–water partition coefficient (Wildman–Crippen LogP) is 2.71. The zero-order chi connectivity index (χ0) is 23.5. The van der Waals surface area contributed by atoms with E-state index in [9.17, 15) is 28.3 Å². The average Bonchev–Trinajstić information content (AvgIpc) is 3.23. The van der Waals surface area contributed by atoms with Crippen LogP contribution in [0.3, 0.4) is 0 Å². The fourth-order valence-electron chi connectivity index (χ4n) is 5.14. The molecular formula is C22H20ClF2N3O5. The minimum atomic E-state index is -1.02. The zero-order valence-electron chi connectivity index (χ0n) is 17.4. The summed E-state index contributed by atoms with van der Waals surface area (Å²) < 4.78 is 35.0. The number of ether oxygens (including phenoxy) is 1. The van der Waals surface area contributed by atoms with E-state index in [1.54, 1.807) is 4.90 Å². The standard InChI is InChI=1S/C22H20ClF2N3O5/c23-15-13(24)5-4-11(16(15)25)9-26-20(31)12-10-27-14-3-1-2-6-22(14)28(7-8-33-22)21(32)17(27)19(30)18(12)29/h4-5,10,14,30H,1-3,6-9H2,(H,26,31)/t14-,22-/m0/s1. The molecule has 2 aromatic rings. The van der Waals surface area contributed by atoms with Crippen LogP contribution in [-0.2, 0) is 11.3 Å². The molecule has 1 aromatic heterocycles. The second-order valence-electron chi connectivity index (χ2n) is 8.41. The average molecular weight is 480 g/mol. The Morgan fingerprint density at radius 1 is 1.30 bits per heavy atom. The van der Waals surface area contributed by atoms with Gasteiger partial charge in [-0.2, -0.15) is 0 Å². The summed E-state index contributed by atoms with van der Waals surface area (Å²) in [5.41, 5.74) is -2.52. The molecule has 0 unspecified atom stereocenters. The Morgan fingerprint density at radius 3 is 2.88 bits per heavy atom. The summed E-state index contributed by atoms with van der Waals surface area (Å²) >= 11 is 5.57. The van der Waals surface area contributed by atoms with Crippen LogP contribution >= 0.6 is 11.6 Å². The van der Waals surface area contributed by atoms with Crippen molar-refractivity contribution in [2.75, 3.05) is 13.2 Å². The van der Waals surface area contributed by atoms with Crippen LogP contribution in [0.1, 0.15) is 58.1 Å². The lowest BCUT2D eigenvalue weighted by Gasteiger charge is -2.50. The molecule has 1 aromatic carbocycles. The number of fused-ring (bicyclic) bond motifs is 2. The number of hydrogen-bond acceptors (Lipinski definition) is 5. The Bertz CT molecular complexity index is 1250. The van der Waals surface area contributed by atoms with Gasteiger partial charge in [0.15, 0.2) is 17.2 Å². The van der Waals surface area contributed by atoms with E-state index >= 15 is 0 Å². The van der Waals surface area contributed by atoms with E-state index < -0.39 is 50.9 Å². The summed E-state index contributed by atoms with van der Waals surface area (Å²) in [5, 5.41) is 12.3. The monoisotopic (exact) mass is 479 g/mol. The highest BCUT2D eigenvalue weighted by molar-refractivity contribution is 6.30. The Balaban J connectivity index is 1.52. The van der Waals surface area contributed by atoms with Crippen LogP contribution in [0.4, 0.5) is 8.78 Å². The Morgan fingerprint density at radius 2 is 2.09 bits per heavy atom. The van der Waals surface area contributed by atoms with E-state index in [-0.39, 0.29) is 23.8 Å². The summed E-state index contributed by atoms with van der Waals surface area (Å²) in [6.07, 6.45) is 4.23. The SMILES string of the molecule is O=C(NCc1ccc(F)c(Cl)c1F)c1cn2c(c(O)c1=O)C(=O)N1CCO[C@]13CCCC[C@H]23. The van der Waals surface area contributed by atoms with Gasteiger partial charge in [-0.3, -0.25) is 14.4 Å². The molecule has 2 amide bonds. The molecule has 5 rings (SSSR count). The summed E-state index contributed by atoms with van der Waals surface area (Å²) in [6, 6.07) is 1.73. The number of aromatic nitrogens is 1. The molecule has 2 aliphatic heterocycles. The molecule has 0 bridgehead atoms. The molecule has 8 nitrogen and oxygen atoms in total. The van der Waals surface area contributed by atoms with E-state index in [1.165, 1.54) is 10.8 Å². The molecule has 1 spiro atoms. The van der Waals surface area contributed by atoms with Crippen molar-refractivity contribution < 1.29 is 28.2 Å². The molecule has 3 heterocycles. The topological polar surface area (TPSA) is 101 Å². The van der Waals surface area contributed by atoms with E-state index in [4.69, 9.17) is 16.3 Å². The molecule has 1 saturated heterocycles. The largest absolute Gasteiger partial charge is 0.503 e. The van der Waals surface area contributed by atoms with Crippen LogP contribution in [0.5, 0.6) is 5.75 Å². The number of rotatable bonds is 3. The van der Waals surface area contributed by atoms with Crippen LogP contribution in [0, 0.1) is 11.6 Å². The number of carbonyl (C=O) groups excluding carboxylic acids is 2. The van der Waals surface area contributed by atoms with Crippen molar-refractivity contribution in [3.05, 3.63) is 62.0 Å². The zero-order valence-corrected chi connectivity index (χ0v) is 18.1. The summed E-state index contributed by atoms with van der Waals surface area (Å²) in [5.74, 6) is -4.16. The van der Waals surface area contributed by atoms with Crippen LogP contribution in [-0.4, -0.2) is 45.3 Å². The van der Waals surface area contributed by atoms with Crippen molar-refractivity contribution in [2.24, 2.45) is 0 Å². The van der Waals surface area contributed by atoms with Crippen molar-refractivity contribution in [2.45, 2.75) is 44.0 Å². The number of hydrogen-bond donors (Lipinski definition) is 2. The van der Waals surface area contributed by atoms with Crippen LogP contribution in [0.2, 0.25) is 5.02 Å². The first-order chi connectivity index (χ1) is 15.8. The molecule has 2 fully saturated rings. The van der Waals surface area contributed by atoms with Gasteiger partial charge in [0, 0.05) is 24.8 Å². The second kappa shape index (κ2) is 7.81. The van der Waals surface area contributed by atoms with E-state index in [0.29, 0.717) is 26.0 Å². The third-order valence-electron chi connectivity index (χ3n) is 6.70. The molecule has 11 heteroatoms. The maximum absolute atomic E-state index is 14.2. The highest BCUT2D eigenvalue weighted by Crippen LogP contribution is 2.49. The molecule has 33 heavy (non-hydrogen) atoms. The maximum atomic E-state index is 14.2. The summed E-state index contributed by atoms with van der Waals surface area (Å²) in [6.45, 7) is 0.341. The van der Waals surface area contributed by atoms with Crippen LogP contribution < -0.4 is 10.7 Å². The molecule has 1 saturated carbocycles. The van der Waals surface area contributed by atoms with Gasteiger partial charge in [-0.1, -0.05) is 24.1 Å². The third-order valence-corrected chi connectivity index (χ3v) is 7.05. The van der Waals surface area contributed by atoms with Gasteiger partial charge in [-0.25, -0.2) is 8.78 Å². The fourth-order valence-corrected chi connectivity index (χ4v) is 5.33. The normalized spacial score (nSPS) is 23.7. The van der Waals surface area contributed by atoms with Gasteiger partial charge in [0.25, 0.3) is 11.8 Å². The minimum absolute atomic E-state index is 0.0755. The highest BCUT2D eigenvalue weighted by atomic mass is 35.5. The van der Waals surface area contributed by atoms with Gasteiger partial charge < -0.3 is 24.6 Å². The van der Waals surface area contributed by atoms with Gasteiger partial charge in [-0.05, 0) is 25.3 Å². The van der Waals surface area contributed by atoms with Gasteiger partial charge in [-0.15, -0.1) is 0 Å². The lowest BCUT2D eigenvalue weighted by molar-refractivity contribution is -0.133. The molecular weight excluding hydrogens is 460 g/mol. The van der Waals surface area contributed by atoms with Crippen molar-refractivity contribution in [1.29, 1.82) is 0 Å². The Hall–Kier alpha value is -2.98.